The molecule has 1 aliphatic rings. The molecule has 1 N–H and O–H groups in total. The first kappa shape index (κ1) is 22.7. The Bertz CT molecular complexity index is 1100. The summed E-state index contributed by atoms with van der Waals surface area (Å²) in [5.74, 6) is -0.353. The highest BCUT2D eigenvalue weighted by molar-refractivity contribution is 9.10. The van der Waals surface area contributed by atoms with Crippen LogP contribution in [0.5, 0.6) is 0 Å². The molecule has 0 radical (unpaired) electrons. The zero-order chi connectivity index (χ0) is 22.5. The maximum absolute atomic E-state index is 13.1. The van der Waals surface area contributed by atoms with E-state index < -0.39 is 0 Å². The van der Waals surface area contributed by atoms with Crippen molar-refractivity contribution in [3.8, 4) is 0 Å². The van der Waals surface area contributed by atoms with E-state index in [0.29, 0.717) is 28.4 Å². The fraction of sp³-hybridized carbons (Fsp3) is 0.231. The lowest BCUT2D eigenvalue weighted by Crippen LogP contribution is -2.40. The average molecular weight is 512 g/mol. The van der Waals surface area contributed by atoms with Crippen molar-refractivity contribution in [2.75, 3.05) is 18.4 Å². The summed E-state index contributed by atoms with van der Waals surface area (Å²) in [6, 6.07) is 22.3. The topological polar surface area (TPSA) is 49.4 Å². The Hall–Kier alpha value is -2.47. The number of carbonyl (C=O) groups is 2. The van der Waals surface area contributed by atoms with Crippen molar-refractivity contribution in [2.24, 2.45) is 5.92 Å². The van der Waals surface area contributed by atoms with Crippen molar-refractivity contribution in [2.45, 2.75) is 19.4 Å². The highest BCUT2D eigenvalue weighted by atomic mass is 79.9. The standard InChI is InChI=1S/C26H24BrClN2O2/c27-21-10-8-18(9-11-21)16-30-14-4-7-20(17-30)26(32)29-24-13-12-22(28)15-23(24)25(31)19-5-2-1-3-6-19/h1-3,5-6,8-13,15,20H,4,7,14,16-17H2,(H,29,32). The van der Waals surface area contributed by atoms with Gasteiger partial charge in [-0.2, -0.15) is 0 Å². The van der Waals surface area contributed by atoms with Crippen LogP contribution in [0.4, 0.5) is 5.69 Å². The van der Waals surface area contributed by atoms with E-state index in [1.54, 1.807) is 30.3 Å². The number of benzene rings is 3. The first-order valence-corrected chi connectivity index (χ1v) is 11.8. The average Bonchev–Trinajstić information content (AvgIpc) is 2.82. The third kappa shape index (κ3) is 5.66. The van der Waals surface area contributed by atoms with Crippen molar-refractivity contribution in [1.29, 1.82) is 0 Å². The van der Waals surface area contributed by atoms with Crippen LogP contribution in [0.25, 0.3) is 0 Å². The third-order valence-electron chi connectivity index (χ3n) is 5.72. The smallest absolute Gasteiger partial charge is 0.228 e. The molecule has 1 amide bonds. The van der Waals surface area contributed by atoms with E-state index >= 15 is 0 Å². The number of ketones is 1. The van der Waals surface area contributed by atoms with Gasteiger partial charge in [0.1, 0.15) is 0 Å². The first-order valence-electron chi connectivity index (χ1n) is 10.7. The number of halogens is 2. The van der Waals surface area contributed by atoms with Crippen molar-refractivity contribution < 1.29 is 9.59 Å². The number of likely N-dealkylation sites (tertiary alicyclic amines) is 1. The Kier molecular flexibility index (Phi) is 7.40. The molecule has 0 bridgehead atoms. The number of piperidine rings is 1. The van der Waals surface area contributed by atoms with Crippen LogP contribution in [0.3, 0.4) is 0 Å². The number of rotatable bonds is 6. The van der Waals surface area contributed by atoms with E-state index in [2.05, 4.69) is 38.3 Å². The molecule has 1 heterocycles. The number of hydrogen-bond donors (Lipinski definition) is 1. The maximum atomic E-state index is 13.1. The summed E-state index contributed by atoms with van der Waals surface area (Å²) < 4.78 is 1.06. The van der Waals surface area contributed by atoms with Gasteiger partial charge >= 0.3 is 0 Å². The lowest BCUT2D eigenvalue weighted by molar-refractivity contribution is -0.121. The van der Waals surface area contributed by atoms with Gasteiger partial charge in [0.2, 0.25) is 5.91 Å². The lowest BCUT2D eigenvalue weighted by Gasteiger charge is -2.32. The van der Waals surface area contributed by atoms with Gasteiger partial charge in [-0.05, 0) is 55.3 Å². The third-order valence-corrected chi connectivity index (χ3v) is 6.48. The zero-order valence-corrected chi connectivity index (χ0v) is 19.9. The summed E-state index contributed by atoms with van der Waals surface area (Å²) in [6.45, 7) is 2.48. The largest absolute Gasteiger partial charge is 0.325 e. The number of amides is 1. The zero-order valence-electron chi connectivity index (χ0n) is 17.6. The highest BCUT2D eigenvalue weighted by Crippen LogP contribution is 2.26. The summed E-state index contributed by atoms with van der Waals surface area (Å²) >= 11 is 9.63. The Morgan fingerprint density at radius 1 is 1.03 bits per heavy atom. The maximum Gasteiger partial charge on any atom is 0.228 e. The fourth-order valence-corrected chi connectivity index (χ4v) is 4.49. The van der Waals surface area contributed by atoms with E-state index in [1.165, 1.54) is 5.56 Å². The van der Waals surface area contributed by atoms with Crippen LogP contribution in [0.15, 0.2) is 77.3 Å². The molecule has 1 atom stereocenters. The number of nitrogens with one attached hydrogen (secondary N) is 1. The fourth-order valence-electron chi connectivity index (χ4n) is 4.05. The monoisotopic (exact) mass is 510 g/mol. The first-order chi connectivity index (χ1) is 15.5. The molecule has 6 heteroatoms. The van der Waals surface area contributed by atoms with Crippen LogP contribution >= 0.6 is 27.5 Å². The molecule has 32 heavy (non-hydrogen) atoms. The van der Waals surface area contributed by atoms with Crippen LogP contribution in [-0.2, 0) is 11.3 Å². The molecule has 3 aromatic carbocycles. The van der Waals surface area contributed by atoms with E-state index in [-0.39, 0.29) is 17.6 Å². The van der Waals surface area contributed by atoms with Crippen LogP contribution in [-0.4, -0.2) is 29.7 Å². The Labute approximate surface area is 201 Å². The van der Waals surface area contributed by atoms with Gasteiger partial charge in [0.15, 0.2) is 5.78 Å². The molecule has 0 spiro atoms. The van der Waals surface area contributed by atoms with Crippen LogP contribution in [0.2, 0.25) is 5.02 Å². The Morgan fingerprint density at radius 3 is 2.53 bits per heavy atom. The molecular weight excluding hydrogens is 488 g/mol. The van der Waals surface area contributed by atoms with Crippen molar-refractivity contribution in [3.05, 3.63) is 99.0 Å². The Morgan fingerprint density at radius 2 is 1.78 bits per heavy atom. The van der Waals surface area contributed by atoms with Crippen LogP contribution < -0.4 is 5.32 Å². The highest BCUT2D eigenvalue weighted by Gasteiger charge is 2.27. The van der Waals surface area contributed by atoms with E-state index in [1.807, 2.05) is 30.3 Å². The van der Waals surface area contributed by atoms with Crippen LogP contribution in [0.1, 0.15) is 34.3 Å². The summed E-state index contributed by atoms with van der Waals surface area (Å²) in [5.41, 5.74) is 2.68. The number of nitrogens with zero attached hydrogens (tertiary/aromatic N) is 1. The second-order valence-electron chi connectivity index (χ2n) is 8.08. The molecular formula is C26H24BrClN2O2. The summed E-state index contributed by atoms with van der Waals surface area (Å²) in [6.07, 6.45) is 1.79. The van der Waals surface area contributed by atoms with Gasteiger partial charge in [0.25, 0.3) is 0 Å². The van der Waals surface area contributed by atoms with Crippen molar-refractivity contribution in [1.82, 2.24) is 4.90 Å². The molecule has 1 aliphatic heterocycles. The number of hydrogen-bond acceptors (Lipinski definition) is 3. The van der Waals surface area contributed by atoms with Gasteiger partial charge in [-0.3, -0.25) is 14.5 Å². The van der Waals surface area contributed by atoms with Crippen molar-refractivity contribution in [3.63, 3.8) is 0 Å². The molecule has 0 aromatic heterocycles. The molecule has 1 unspecified atom stereocenters. The van der Waals surface area contributed by atoms with Crippen molar-refractivity contribution >= 4 is 44.9 Å². The number of anilines is 1. The predicted octanol–water partition coefficient (Wildman–Crippen LogP) is 6.18. The molecule has 4 rings (SSSR count). The lowest BCUT2D eigenvalue weighted by atomic mass is 9.96. The molecule has 1 fully saturated rings. The normalized spacial score (nSPS) is 16.5. The number of carbonyl (C=O) groups excluding carboxylic acids is 2. The van der Waals surface area contributed by atoms with E-state index in [9.17, 15) is 9.59 Å². The van der Waals surface area contributed by atoms with E-state index in [0.717, 1.165) is 30.4 Å². The van der Waals surface area contributed by atoms with Gasteiger partial charge in [0.05, 0.1) is 11.6 Å². The minimum atomic E-state index is -0.163. The molecule has 0 saturated carbocycles. The van der Waals surface area contributed by atoms with Gasteiger partial charge in [-0.15, -0.1) is 0 Å². The van der Waals surface area contributed by atoms with Crippen LogP contribution in [0, 0.1) is 5.92 Å². The summed E-state index contributed by atoms with van der Waals surface area (Å²) in [5, 5.41) is 3.46. The Balaban J connectivity index is 1.46. The van der Waals surface area contributed by atoms with E-state index in [4.69, 9.17) is 11.6 Å². The summed E-state index contributed by atoms with van der Waals surface area (Å²) in [7, 11) is 0. The minimum Gasteiger partial charge on any atom is -0.325 e. The second-order valence-corrected chi connectivity index (χ2v) is 9.43. The SMILES string of the molecule is O=C(c1ccccc1)c1cc(Cl)ccc1NC(=O)C1CCCN(Cc2ccc(Br)cc2)C1. The quantitative estimate of drug-likeness (QED) is 0.402. The molecule has 1 saturated heterocycles. The molecule has 3 aromatic rings. The second kappa shape index (κ2) is 10.4. The minimum absolute atomic E-state index is 0.0602. The predicted molar refractivity (Wildman–Crippen MR) is 132 cm³/mol. The molecule has 0 aliphatic carbocycles. The van der Waals surface area contributed by atoms with Gasteiger partial charge < -0.3 is 5.32 Å². The van der Waals surface area contributed by atoms with Gasteiger partial charge in [-0.25, -0.2) is 0 Å². The van der Waals surface area contributed by atoms with Gasteiger partial charge in [-0.1, -0.05) is 70.0 Å². The molecule has 164 valence electrons. The van der Waals surface area contributed by atoms with Gasteiger partial charge in [0, 0.05) is 33.7 Å². The summed E-state index contributed by atoms with van der Waals surface area (Å²) in [4.78, 5) is 28.5. The molecule has 4 nitrogen and oxygen atoms in total.